The molecule has 2 aliphatic heterocycles. The van der Waals surface area contributed by atoms with Gasteiger partial charge in [0, 0.05) is 45.2 Å². The van der Waals surface area contributed by atoms with Gasteiger partial charge in [0.25, 0.3) is 0 Å². The molecule has 2 bridgehead atoms. The molecule has 2 fully saturated rings. The van der Waals surface area contributed by atoms with Gasteiger partial charge < -0.3 is 35.0 Å². The van der Waals surface area contributed by atoms with Gasteiger partial charge in [0.1, 0.15) is 0 Å². The molecule has 0 aromatic heterocycles. The van der Waals surface area contributed by atoms with Gasteiger partial charge in [0.15, 0.2) is 0 Å². The van der Waals surface area contributed by atoms with Gasteiger partial charge in [-0.05, 0) is 60.0 Å². The Morgan fingerprint density at radius 1 is 0.677 bits per heavy atom. The molecule has 0 spiro atoms. The van der Waals surface area contributed by atoms with Crippen LogP contribution in [-0.2, 0) is 26.8 Å². The molecule has 15 heteroatoms. The number of rotatable bonds is 0. The van der Waals surface area contributed by atoms with Gasteiger partial charge in [-0.15, -0.1) is 0 Å². The van der Waals surface area contributed by atoms with Crippen LogP contribution < -0.4 is 5.11 Å². The maximum atomic E-state index is 9.87. The van der Waals surface area contributed by atoms with Crippen LogP contribution in [0.15, 0.2) is 0 Å². The summed E-state index contributed by atoms with van der Waals surface area (Å²) in [5.41, 5.74) is 0. The normalized spacial score (nSPS) is 26.0. The van der Waals surface area contributed by atoms with Gasteiger partial charge in [0.05, 0.1) is 0 Å². The van der Waals surface area contributed by atoms with Crippen molar-refractivity contribution in [2.24, 2.45) is 0 Å². The third kappa shape index (κ3) is 32.0. The van der Waals surface area contributed by atoms with E-state index in [9.17, 15) is 25.2 Å². The molecule has 2 rings (SSSR count). The number of carbonyl (C=O) groups excluding carboxylic acids is 1. The van der Waals surface area contributed by atoms with Crippen molar-refractivity contribution >= 4 is 13.8 Å². The van der Waals surface area contributed by atoms with E-state index in [1.54, 1.807) is 0 Å². The number of carboxylic acid groups (broad SMARTS) is 1. The third-order valence-corrected chi connectivity index (χ3v) is 4.36. The van der Waals surface area contributed by atoms with Gasteiger partial charge in [0.2, 0.25) is 0 Å². The van der Waals surface area contributed by atoms with E-state index < -0.39 is 13.8 Å². The smallest absolute Gasteiger partial charge is 0.457 e. The molecule has 0 amide bonds. The molecule has 2 saturated heterocycles. The number of nitrogens with zero attached hydrogens (tertiary/aromatic N) is 4. The van der Waals surface area contributed by atoms with Crippen molar-refractivity contribution in [2.75, 3.05) is 79.5 Å². The summed E-state index contributed by atoms with van der Waals surface area (Å²) in [7, 11) is -6.12. The van der Waals surface area contributed by atoms with Crippen LogP contribution in [0.2, 0.25) is 0 Å². The minimum atomic E-state index is -10.7. The number of fused-ring (bicyclic) bond motifs is 3. The van der Waals surface area contributed by atoms with Crippen molar-refractivity contribution in [1.82, 2.24) is 19.6 Å². The SMILES string of the molecule is CC(=O)[O-].CN1CCCN2CCN(C)CCCN(CC1)CC2.F[P-](F)(F)(F)(F)F.[Ni+2].[OH3+]. The number of hydrogen-bond acceptors (Lipinski definition) is 6. The predicted octanol–water partition coefficient (Wildman–Crippen LogP) is 1.48. The first-order valence-electron chi connectivity index (χ1n) is 9.48. The summed E-state index contributed by atoms with van der Waals surface area (Å²) in [6.45, 7) is 13.5. The number of likely N-dealkylation sites (N-methyl/N-ethyl adjacent to an activating group) is 2. The second-order valence-electron chi connectivity index (χ2n) is 7.45. The minimum absolute atomic E-state index is 0. The van der Waals surface area contributed by atoms with E-state index in [4.69, 9.17) is 9.90 Å². The van der Waals surface area contributed by atoms with Gasteiger partial charge in [-0.25, -0.2) is 0 Å². The molecule has 2 unspecified atom stereocenters. The molecule has 31 heavy (non-hydrogen) atoms. The molecule has 0 aromatic carbocycles. The van der Waals surface area contributed by atoms with Crippen LogP contribution in [0, 0.1) is 0 Å². The van der Waals surface area contributed by atoms with Crippen LogP contribution in [0.1, 0.15) is 19.8 Å². The Morgan fingerprint density at radius 3 is 1.16 bits per heavy atom. The summed E-state index contributed by atoms with van der Waals surface area (Å²) in [5.74, 6) is -1.08. The van der Waals surface area contributed by atoms with Gasteiger partial charge in [-0.2, -0.15) is 0 Å². The molecule has 0 aliphatic carbocycles. The molecule has 0 aromatic rings. The van der Waals surface area contributed by atoms with Crippen LogP contribution in [0.5, 0.6) is 0 Å². The Kier molecular flexibility index (Phi) is 16.1. The van der Waals surface area contributed by atoms with Crippen molar-refractivity contribution in [3.8, 4) is 0 Å². The summed E-state index contributed by atoms with van der Waals surface area (Å²) in [5, 5.41) is 8.89. The quantitative estimate of drug-likeness (QED) is 0.202. The molecule has 2 aliphatic rings. The van der Waals surface area contributed by atoms with Gasteiger partial charge >= 0.3 is 49.5 Å². The molecule has 0 saturated carbocycles. The van der Waals surface area contributed by atoms with Crippen LogP contribution in [-0.4, -0.2) is 105 Å². The largest absolute Gasteiger partial charge is 2.00 e. The van der Waals surface area contributed by atoms with Crippen molar-refractivity contribution in [2.45, 2.75) is 19.8 Å². The number of halogens is 6. The topological polar surface area (TPSA) is 86.1 Å². The van der Waals surface area contributed by atoms with E-state index in [1.165, 1.54) is 78.3 Å². The Balaban J connectivity index is -0.000000510. The van der Waals surface area contributed by atoms with E-state index in [2.05, 4.69) is 33.7 Å². The summed E-state index contributed by atoms with van der Waals surface area (Å²) in [6.07, 6.45) is 2.64. The molecule has 0 radical (unpaired) electrons. The Bertz CT molecular complexity index is 465. The van der Waals surface area contributed by atoms with E-state index in [0.29, 0.717) is 0 Å². The summed E-state index contributed by atoms with van der Waals surface area (Å²) in [6, 6.07) is 0. The minimum Gasteiger partial charge on any atom is -0.457 e. The molecule has 3 N–H and O–H groups in total. The van der Waals surface area contributed by atoms with Crippen LogP contribution >= 0.6 is 7.81 Å². The molecule has 2 atom stereocenters. The monoisotopic (exact) mass is 535 g/mol. The van der Waals surface area contributed by atoms with Crippen molar-refractivity contribution < 1.29 is 57.1 Å². The molecule has 194 valence electrons. The first kappa shape index (κ1) is 35.4. The molecular formula is C16H36F6N4NiO3P+. The number of carboxylic acids is 1. The maximum Gasteiger partial charge on any atom is 2.00 e. The predicted molar refractivity (Wildman–Crippen MR) is 106 cm³/mol. The fourth-order valence-corrected chi connectivity index (χ4v) is 2.93. The summed E-state index contributed by atoms with van der Waals surface area (Å²) >= 11 is 0. The van der Waals surface area contributed by atoms with E-state index in [0.717, 1.165) is 6.92 Å². The first-order chi connectivity index (χ1) is 12.9. The number of carbonyl (C=O) groups is 1. The Morgan fingerprint density at radius 2 is 0.903 bits per heavy atom. The first-order valence-corrected chi connectivity index (χ1v) is 11.5. The maximum absolute atomic E-state index is 10.7. The Labute approximate surface area is 190 Å². The van der Waals surface area contributed by atoms with Crippen LogP contribution in [0.25, 0.3) is 0 Å². The van der Waals surface area contributed by atoms with Gasteiger partial charge in [-0.1, -0.05) is 0 Å². The third-order valence-electron chi connectivity index (χ3n) is 4.36. The van der Waals surface area contributed by atoms with Crippen LogP contribution in [0.4, 0.5) is 25.2 Å². The van der Waals surface area contributed by atoms with Crippen molar-refractivity contribution in [1.29, 1.82) is 0 Å². The fourth-order valence-electron chi connectivity index (χ4n) is 2.93. The molecular weight excluding hydrogens is 500 g/mol. The van der Waals surface area contributed by atoms with Gasteiger partial charge in [-0.3, -0.25) is 0 Å². The van der Waals surface area contributed by atoms with E-state index >= 15 is 0 Å². The Hall–Kier alpha value is -0.226. The zero-order chi connectivity index (χ0) is 22.8. The second-order valence-corrected chi connectivity index (χ2v) is 9.36. The second kappa shape index (κ2) is 14.1. The molecule has 2 heterocycles. The average molecular weight is 536 g/mol. The van der Waals surface area contributed by atoms with E-state index in [-0.39, 0.29) is 22.0 Å². The summed E-state index contributed by atoms with van der Waals surface area (Å²) < 4.78 is 59.2. The van der Waals surface area contributed by atoms with E-state index in [1.807, 2.05) is 0 Å². The van der Waals surface area contributed by atoms with Crippen molar-refractivity contribution in [3.05, 3.63) is 0 Å². The van der Waals surface area contributed by atoms with Crippen molar-refractivity contribution in [3.63, 3.8) is 0 Å². The average Bonchev–Trinajstić information content (AvgIpc) is 2.50. The number of hydrogen-bond donors (Lipinski definition) is 0. The zero-order valence-corrected chi connectivity index (χ0v) is 20.1. The number of aliphatic carboxylic acids is 1. The summed E-state index contributed by atoms with van der Waals surface area (Å²) in [4.78, 5) is 19.2. The standard InChI is InChI=1S/C14H30N4.C2H4O2.F6P.Ni.H2O/c1-15-5-3-7-18-12-10-16(2)6-4-8-17(11-9-15)13-14-18;1-2(3)4;1-7(2,3,4,5)6;;/h3-14H2,1-2H3;1H3,(H,3,4);;;1H2/q;;-1;+2;. The molecule has 7 nitrogen and oxygen atoms in total. The fraction of sp³-hybridized carbons (Fsp3) is 0.938. The van der Waals surface area contributed by atoms with Crippen LogP contribution in [0.3, 0.4) is 0 Å². The zero-order valence-electron chi connectivity index (χ0n) is 18.2.